The highest BCUT2D eigenvalue weighted by molar-refractivity contribution is 5.84. The van der Waals surface area contributed by atoms with Crippen LogP contribution in [0.3, 0.4) is 0 Å². The number of benzene rings is 1. The number of aliphatic hydroxyl groups is 1. The Kier molecular flexibility index (Phi) is 5.22. The van der Waals surface area contributed by atoms with Gasteiger partial charge in [-0.3, -0.25) is 4.79 Å². The van der Waals surface area contributed by atoms with E-state index in [-0.39, 0.29) is 5.56 Å². The molecule has 0 aliphatic heterocycles. The molecule has 1 aliphatic carbocycles. The van der Waals surface area contributed by atoms with E-state index in [0.29, 0.717) is 28.5 Å². The van der Waals surface area contributed by atoms with Crippen molar-refractivity contribution in [3.63, 3.8) is 0 Å². The second-order valence-corrected chi connectivity index (χ2v) is 7.03. The minimum atomic E-state index is -0.0205. The number of hydrogen-bond donors (Lipinski definition) is 2. The number of fused-ring (bicyclic) bond motifs is 2. The Balaban J connectivity index is 0.000000994. The fraction of sp³-hybridized carbons (Fsp3) is 0.350. The topological polar surface area (TPSA) is 111 Å². The normalized spacial score (nSPS) is 14.2. The van der Waals surface area contributed by atoms with Crippen LogP contribution in [0, 0.1) is 0 Å². The van der Waals surface area contributed by atoms with E-state index in [1.807, 2.05) is 24.3 Å². The highest BCUT2D eigenvalue weighted by atomic mass is 16.2. The van der Waals surface area contributed by atoms with Crippen molar-refractivity contribution >= 4 is 27.9 Å². The van der Waals surface area contributed by atoms with Gasteiger partial charge in [0.2, 0.25) is 5.95 Å². The van der Waals surface area contributed by atoms with Crippen LogP contribution in [0.1, 0.15) is 25.7 Å². The Morgan fingerprint density at radius 3 is 2.76 bits per heavy atom. The van der Waals surface area contributed by atoms with Gasteiger partial charge in [-0.1, -0.05) is 18.1 Å². The van der Waals surface area contributed by atoms with Crippen molar-refractivity contribution in [1.29, 1.82) is 0 Å². The van der Waals surface area contributed by atoms with E-state index < -0.39 is 0 Å². The van der Waals surface area contributed by atoms with Gasteiger partial charge in [0.25, 0.3) is 5.56 Å². The maximum atomic E-state index is 12.2. The lowest BCUT2D eigenvalue weighted by Crippen LogP contribution is -2.16. The van der Waals surface area contributed by atoms with E-state index in [1.54, 1.807) is 28.7 Å². The van der Waals surface area contributed by atoms with Gasteiger partial charge in [-0.05, 0) is 42.5 Å². The smallest absolute Gasteiger partial charge is 0.258 e. The molecule has 0 spiro atoms. The zero-order chi connectivity index (χ0) is 20.4. The van der Waals surface area contributed by atoms with E-state index in [0.717, 1.165) is 31.0 Å². The van der Waals surface area contributed by atoms with Crippen LogP contribution in [0.15, 0.2) is 41.5 Å². The quantitative estimate of drug-likeness (QED) is 0.548. The second kappa shape index (κ2) is 7.96. The van der Waals surface area contributed by atoms with Crippen LogP contribution < -0.4 is 10.9 Å². The standard InChI is InChI=1S/C19H19N7O.CH4O/c1-25-9-8-12-10-14(6-7-15(12)18(25)27)26-17-16(23-24-26)11-20-19(22-17)21-13-4-2-3-5-13;1-2/h6-11,13H,2-5H2,1H3,(H,20,21,22);2H,1H3. The minimum Gasteiger partial charge on any atom is -0.400 e. The zero-order valence-corrected chi connectivity index (χ0v) is 16.4. The Morgan fingerprint density at radius 2 is 1.97 bits per heavy atom. The first-order valence-corrected chi connectivity index (χ1v) is 9.58. The fourth-order valence-corrected chi connectivity index (χ4v) is 3.69. The van der Waals surface area contributed by atoms with E-state index >= 15 is 0 Å². The molecule has 0 bridgehead atoms. The molecule has 9 nitrogen and oxygen atoms in total. The summed E-state index contributed by atoms with van der Waals surface area (Å²) in [5.41, 5.74) is 2.07. The molecule has 9 heteroatoms. The van der Waals surface area contributed by atoms with Gasteiger partial charge in [-0.25, -0.2) is 4.98 Å². The van der Waals surface area contributed by atoms with Gasteiger partial charge < -0.3 is 15.0 Å². The Bertz CT molecular complexity index is 1210. The third kappa shape index (κ3) is 3.56. The van der Waals surface area contributed by atoms with Gasteiger partial charge in [0.05, 0.1) is 11.9 Å². The van der Waals surface area contributed by atoms with Crippen LogP contribution in [0.5, 0.6) is 0 Å². The molecule has 0 atom stereocenters. The van der Waals surface area contributed by atoms with Crippen molar-refractivity contribution in [2.75, 3.05) is 12.4 Å². The van der Waals surface area contributed by atoms with E-state index in [2.05, 4.69) is 25.6 Å². The van der Waals surface area contributed by atoms with Crippen molar-refractivity contribution in [2.45, 2.75) is 31.7 Å². The summed E-state index contributed by atoms with van der Waals surface area (Å²) in [5, 5.41) is 20.4. The lowest BCUT2D eigenvalue weighted by Gasteiger charge is -2.11. The molecular weight excluding hydrogens is 370 g/mol. The molecule has 0 saturated heterocycles. The van der Waals surface area contributed by atoms with E-state index in [9.17, 15) is 4.79 Å². The molecule has 5 rings (SSSR count). The zero-order valence-electron chi connectivity index (χ0n) is 16.4. The van der Waals surface area contributed by atoms with Gasteiger partial charge in [0, 0.05) is 31.8 Å². The van der Waals surface area contributed by atoms with E-state index in [1.165, 1.54) is 12.8 Å². The number of rotatable bonds is 3. The molecule has 4 aromatic rings. The van der Waals surface area contributed by atoms with Crippen molar-refractivity contribution in [3.05, 3.63) is 47.0 Å². The first kappa shape index (κ1) is 19.0. The fourth-order valence-electron chi connectivity index (χ4n) is 3.69. The van der Waals surface area contributed by atoms with Crippen LogP contribution in [0.25, 0.3) is 27.6 Å². The van der Waals surface area contributed by atoms with Crippen LogP contribution in [0.2, 0.25) is 0 Å². The number of nitrogens with zero attached hydrogens (tertiary/aromatic N) is 6. The van der Waals surface area contributed by atoms with Gasteiger partial charge in [-0.2, -0.15) is 9.67 Å². The molecule has 2 N–H and O–H groups in total. The minimum absolute atomic E-state index is 0.0205. The maximum absolute atomic E-state index is 12.2. The molecular formula is C20H23N7O2. The van der Waals surface area contributed by atoms with Crippen molar-refractivity contribution in [2.24, 2.45) is 7.05 Å². The lowest BCUT2D eigenvalue weighted by atomic mass is 10.1. The summed E-state index contributed by atoms with van der Waals surface area (Å²) in [6.07, 6.45) is 8.25. The summed E-state index contributed by atoms with van der Waals surface area (Å²) in [4.78, 5) is 21.3. The van der Waals surface area contributed by atoms with Gasteiger partial charge in [0.1, 0.15) is 0 Å². The van der Waals surface area contributed by atoms with Gasteiger partial charge >= 0.3 is 0 Å². The number of aliphatic hydroxyl groups excluding tert-OH is 1. The summed E-state index contributed by atoms with van der Waals surface area (Å²) in [5.74, 6) is 0.604. The molecule has 1 aliphatic rings. The van der Waals surface area contributed by atoms with Crippen LogP contribution in [-0.2, 0) is 7.05 Å². The molecule has 0 unspecified atom stereocenters. The molecule has 1 aromatic carbocycles. The summed E-state index contributed by atoms with van der Waals surface area (Å²) in [6, 6.07) is 7.96. The lowest BCUT2D eigenvalue weighted by molar-refractivity contribution is 0.399. The SMILES string of the molecule is CO.Cn1ccc2cc(-n3nnc4cnc(NC5CCCC5)nc43)ccc2c1=O. The number of nitrogens with one attached hydrogen (secondary N) is 1. The highest BCUT2D eigenvalue weighted by Crippen LogP contribution is 2.22. The third-order valence-electron chi connectivity index (χ3n) is 5.19. The number of anilines is 1. The third-order valence-corrected chi connectivity index (χ3v) is 5.19. The number of pyridine rings is 1. The Morgan fingerprint density at radius 1 is 1.17 bits per heavy atom. The molecule has 29 heavy (non-hydrogen) atoms. The molecule has 3 heterocycles. The average Bonchev–Trinajstić information content (AvgIpc) is 3.42. The molecule has 0 radical (unpaired) electrons. The predicted molar refractivity (Wildman–Crippen MR) is 111 cm³/mol. The summed E-state index contributed by atoms with van der Waals surface area (Å²) >= 11 is 0. The molecule has 3 aromatic heterocycles. The number of hydrogen-bond acceptors (Lipinski definition) is 7. The monoisotopic (exact) mass is 393 g/mol. The molecule has 150 valence electrons. The van der Waals surface area contributed by atoms with E-state index in [4.69, 9.17) is 5.11 Å². The first-order valence-electron chi connectivity index (χ1n) is 9.58. The van der Waals surface area contributed by atoms with Crippen LogP contribution >= 0.6 is 0 Å². The first-order chi connectivity index (χ1) is 14.2. The van der Waals surface area contributed by atoms with Crippen molar-refractivity contribution < 1.29 is 5.11 Å². The highest BCUT2D eigenvalue weighted by Gasteiger charge is 2.17. The Labute approximate surface area is 167 Å². The molecule has 1 saturated carbocycles. The average molecular weight is 393 g/mol. The second-order valence-electron chi connectivity index (χ2n) is 7.03. The summed E-state index contributed by atoms with van der Waals surface area (Å²) in [6.45, 7) is 0. The number of aryl methyl sites for hydroxylation is 1. The summed E-state index contributed by atoms with van der Waals surface area (Å²) < 4.78 is 3.26. The van der Waals surface area contributed by atoms with Crippen LogP contribution in [0.4, 0.5) is 5.95 Å². The molecule has 0 amide bonds. The van der Waals surface area contributed by atoms with Gasteiger partial charge in [-0.15, -0.1) is 5.10 Å². The van der Waals surface area contributed by atoms with Crippen molar-refractivity contribution in [1.82, 2.24) is 29.5 Å². The summed E-state index contributed by atoms with van der Waals surface area (Å²) in [7, 11) is 2.75. The largest absolute Gasteiger partial charge is 0.400 e. The number of aromatic nitrogens is 6. The Hall–Kier alpha value is -3.33. The van der Waals surface area contributed by atoms with Crippen LogP contribution in [-0.4, -0.2) is 47.8 Å². The van der Waals surface area contributed by atoms with Gasteiger partial charge in [0.15, 0.2) is 11.2 Å². The maximum Gasteiger partial charge on any atom is 0.258 e. The molecule has 1 fully saturated rings. The van der Waals surface area contributed by atoms with Crippen molar-refractivity contribution in [3.8, 4) is 5.69 Å². The predicted octanol–water partition coefficient (Wildman–Crippen LogP) is 2.03.